The highest BCUT2D eigenvalue weighted by molar-refractivity contribution is 14.0. The lowest BCUT2D eigenvalue weighted by molar-refractivity contribution is -0.127. The minimum absolute atomic E-state index is 0. The number of benzene rings is 2. The van der Waals surface area contributed by atoms with Crippen LogP contribution in [-0.4, -0.2) is 48.1 Å². The summed E-state index contributed by atoms with van der Waals surface area (Å²) in [6, 6.07) is 22.1. The first-order valence-electron chi connectivity index (χ1n) is 11.6. The average Bonchev–Trinajstić information content (AvgIpc) is 3.47. The van der Waals surface area contributed by atoms with Gasteiger partial charge in [0.2, 0.25) is 5.91 Å². The quantitative estimate of drug-likeness (QED) is 0.229. The lowest BCUT2D eigenvalue weighted by atomic mass is 10.1. The molecule has 180 valence electrons. The third-order valence-corrected chi connectivity index (χ3v) is 5.73. The SMILES string of the molecule is CCNC(=NCc1cc(-c2ccccc2)on1)NCC1CC(=O)N(CCc2ccccc2)C1.I. The van der Waals surface area contributed by atoms with Gasteiger partial charge in [0.1, 0.15) is 5.69 Å². The molecule has 0 radical (unpaired) electrons. The minimum atomic E-state index is 0. The van der Waals surface area contributed by atoms with Crippen molar-refractivity contribution >= 4 is 35.8 Å². The zero-order chi connectivity index (χ0) is 22.9. The predicted molar refractivity (Wildman–Crippen MR) is 145 cm³/mol. The summed E-state index contributed by atoms with van der Waals surface area (Å²) in [4.78, 5) is 19.1. The van der Waals surface area contributed by atoms with E-state index < -0.39 is 0 Å². The van der Waals surface area contributed by atoms with Gasteiger partial charge in [-0.25, -0.2) is 4.99 Å². The number of carbonyl (C=O) groups is 1. The molecule has 2 aromatic carbocycles. The maximum absolute atomic E-state index is 12.4. The number of aromatic nitrogens is 1. The molecule has 1 fully saturated rings. The summed E-state index contributed by atoms with van der Waals surface area (Å²) < 4.78 is 5.46. The first-order valence-corrected chi connectivity index (χ1v) is 11.6. The maximum Gasteiger partial charge on any atom is 0.223 e. The van der Waals surface area contributed by atoms with Crippen molar-refractivity contribution in [2.75, 3.05) is 26.2 Å². The fraction of sp³-hybridized carbons (Fsp3) is 0.346. The number of amides is 1. The van der Waals surface area contributed by atoms with Crippen molar-refractivity contribution in [3.63, 3.8) is 0 Å². The number of nitrogens with zero attached hydrogens (tertiary/aromatic N) is 3. The molecule has 1 amide bonds. The molecule has 8 heteroatoms. The van der Waals surface area contributed by atoms with Gasteiger partial charge < -0.3 is 20.1 Å². The molecule has 1 atom stereocenters. The molecule has 4 rings (SSSR count). The summed E-state index contributed by atoms with van der Waals surface area (Å²) in [6.07, 6.45) is 1.46. The van der Waals surface area contributed by atoms with E-state index in [0.717, 1.165) is 49.0 Å². The standard InChI is InChI=1S/C26H31N5O2.HI/c1-2-27-26(29-18-23-16-24(33-30-23)22-11-7-4-8-12-22)28-17-21-15-25(32)31(19-21)14-13-20-9-5-3-6-10-20;/h3-12,16,21H,2,13-15,17-19H2,1H3,(H2,27,28,29);1H. The van der Waals surface area contributed by atoms with E-state index in [1.54, 1.807) is 0 Å². The molecule has 7 nitrogen and oxygen atoms in total. The smallest absolute Gasteiger partial charge is 0.223 e. The topological polar surface area (TPSA) is 82.8 Å². The van der Waals surface area contributed by atoms with E-state index in [0.29, 0.717) is 19.5 Å². The molecule has 2 N–H and O–H groups in total. The number of nitrogens with one attached hydrogen (secondary N) is 2. The van der Waals surface area contributed by atoms with Crippen molar-refractivity contribution in [3.05, 3.63) is 78.0 Å². The summed E-state index contributed by atoms with van der Waals surface area (Å²) in [7, 11) is 0. The van der Waals surface area contributed by atoms with Gasteiger partial charge in [0.05, 0.1) is 6.54 Å². The largest absolute Gasteiger partial charge is 0.357 e. The Morgan fingerprint density at radius 1 is 1.12 bits per heavy atom. The second-order valence-electron chi connectivity index (χ2n) is 8.27. The van der Waals surface area contributed by atoms with Crippen molar-refractivity contribution in [1.29, 1.82) is 0 Å². The number of aliphatic imine (C=N–C) groups is 1. The van der Waals surface area contributed by atoms with Gasteiger partial charge in [-0.05, 0) is 18.9 Å². The van der Waals surface area contributed by atoms with E-state index in [9.17, 15) is 4.79 Å². The van der Waals surface area contributed by atoms with E-state index in [4.69, 9.17) is 4.52 Å². The van der Waals surface area contributed by atoms with E-state index in [1.165, 1.54) is 5.56 Å². The van der Waals surface area contributed by atoms with Crippen LogP contribution in [0.15, 0.2) is 76.2 Å². The van der Waals surface area contributed by atoms with Crippen molar-refractivity contribution in [2.24, 2.45) is 10.9 Å². The Hall–Kier alpha value is -2.88. The number of rotatable bonds is 9. The summed E-state index contributed by atoms with van der Waals surface area (Å²) in [5, 5.41) is 10.8. The van der Waals surface area contributed by atoms with E-state index >= 15 is 0 Å². The Morgan fingerprint density at radius 2 is 1.85 bits per heavy atom. The zero-order valence-electron chi connectivity index (χ0n) is 19.4. The monoisotopic (exact) mass is 573 g/mol. The molecule has 1 aromatic heterocycles. The highest BCUT2D eigenvalue weighted by Crippen LogP contribution is 2.20. The predicted octanol–water partition coefficient (Wildman–Crippen LogP) is 4.11. The van der Waals surface area contributed by atoms with E-state index in [1.807, 2.05) is 66.4 Å². The fourth-order valence-corrected chi connectivity index (χ4v) is 3.98. The van der Waals surface area contributed by atoms with Crippen molar-refractivity contribution in [1.82, 2.24) is 20.7 Å². The Morgan fingerprint density at radius 3 is 2.59 bits per heavy atom. The van der Waals surface area contributed by atoms with Gasteiger partial charge in [-0.15, -0.1) is 24.0 Å². The van der Waals surface area contributed by atoms with Crippen LogP contribution in [-0.2, 0) is 17.8 Å². The number of hydrogen-bond acceptors (Lipinski definition) is 4. The first kappa shape index (κ1) is 25.7. The van der Waals surface area contributed by atoms with Crippen molar-refractivity contribution in [2.45, 2.75) is 26.3 Å². The van der Waals surface area contributed by atoms with Crippen LogP contribution in [0.5, 0.6) is 0 Å². The zero-order valence-corrected chi connectivity index (χ0v) is 21.8. The molecule has 0 bridgehead atoms. The number of carbonyl (C=O) groups excluding carboxylic acids is 1. The number of hydrogen-bond donors (Lipinski definition) is 2. The number of guanidine groups is 1. The lowest BCUT2D eigenvalue weighted by Gasteiger charge is -2.17. The number of likely N-dealkylation sites (tertiary alicyclic amines) is 1. The van der Waals surface area contributed by atoms with Crippen LogP contribution in [0, 0.1) is 5.92 Å². The second-order valence-corrected chi connectivity index (χ2v) is 8.27. The molecule has 34 heavy (non-hydrogen) atoms. The van der Waals surface area contributed by atoms with Crippen LogP contribution in [0.2, 0.25) is 0 Å². The van der Waals surface area contributed by atoms with Crippen LogP contribution < -0.4 is 10.6 Å². The van der Waals surface area contributed by atoms with Gasteiger partial charge >= 0.3 is 0 Å². The molecule has 1 aliphatic heterocycles. The number of halogens is 1. The normalized spacial score (nSPS) is 15.8. The Labute approximate surface area is 218 Å². The van der Waals surface area contributed by atoms with Crippen LogP contribution in [0.3, 0.4) is 0 Å². The Balaban J connectivity index is 0.00000324. The van der Waals surface area contributed by atoms with Crippen LogP contribution in [0.4, 0.5) is 0 Å². The molecule has 1 saturated heterocycles. The summed E-state index contributed by atoms with van der Waals surface area (Å²) in [5.41, 5.74) is 3.03. The first-order chi connectivity index (χ1) is 16.2. The highest BCUT2D eigenvalue weighted by atomic mass is 127. The van der Waals surface area contributed by atoms with Gasteiger partial charge in [-0.1, -0.05) is 65.8 Å². The van der Waals surface area contributed by atoms with Crippen molar-refractivity contribution in [3.8, 4) is 11.3 Å². The second kappa shape index (κ2) is 13.1. The molecule has 3 aromatic rings. The van der Waals surface area contributed by atoms with Gasteiger partial charge in [0.15, 0.2) is 11.7 Å². The summed E-state index contributed by atoms with van der Waals surface area (Å²) >= 11 is 0. The highest BCUT2D eigenvalue weighted by Gasteiger charge is 2.29. The minimum Gasteiger partial charge on any atom is -0.357 e. The van der Waals surface area contributed by atoms with Gasteiger partial charge in [-0.3, -0.25) is 4.79 Å². The van der Waals surface area contributed by atoms with Crippen LogP contribution >= 0.6 is 24.0 Å². The summed E-state index contributed by atoms with van der Waals surface area (Å²) in [6.45, 7) is 5.45. The van der Waals surface area contributed by atoms with Gasteiger partial charge in [0.25, 0.3) is 0 Å². The average molecular weight is 573 g/mol. The molecule has 0 saturated carbocycles. The van der Waals surface area contributed by atoms with Crippen LogP contribution in [0.1, 0.15) is 24.6 Å². The molecule has 2 heterocycles. The Kier molecular flexibility index (Phi) is 9.93. The molecule has 1 aliphatic rings. The maximum atomic E-state index is 12.4. The summed E-state index contributed by atoms with van der Waals surface area (Å²) in [5.74, 6) is 1.96. The third kappa shape index (κ3) is 7.31. The van der Waals surface area contributed by atoms with Crippen LogP contribution in [0.25, 0.3) is 11.3 Å². The molecule has 0 spiro atoms. The molecule has 0 aliphatic carbocycles. The third-order valence-electron chi connectivity index (χ3n) is 5.73. The van der Waals surface area contributed by atoms with E-state index in [2.05, 4.69) is 32.9 Å². The molecular weight excluding hydrogens is 541 g/mol. The van der Waals surface area contributed by atoms with Gasteiger partial charge in [-0.2, -0.15) is 0 Å². The van der Waals surface area contributed by atoms with E-state index in [-0.39, 0.29) is 35.8 Å². The van der Waals surface area contributed by atoms with Gasteiger partial charge in [0, 0.05) is 50.1 Å². The lowest BCUT2D eigenvalue weighted by Crippen LogP contribution is -2.40. The Bertz CT molecular complexity index is 1060. The molecular formula is C26H32IN5O2. The van der Waals surface area contributed by atoms with Crippen molar-refractivity contribution < 1.29 is 9.32 Å². The fourth-order valence-electron chi connectivity index (χ4n) is 3.98. The molecule has 1 unspecified atom stereocenters.